The molecule has 1 aromatic carbocycles. The standard InChI is InChI=1S/C14H22FN3/c1-17(10-8-16)14-3-2-9-18(11-14)13-6-4-12(15)5-7-13/h4-7,14H,2-3,8-11,16H2,1H3. The topological polar surface area (TPSA) is 32.5 Å². The Labute approximate surface area is 108 Å². The molecule has 1 aromatic rings. The Balaban J connectivity index is 2.00. The van der Waals surface area contributed by atoms with Crippen molar-refractivity contribution >= 4 is 5.69 Å². The summed E-state index contributed by atoms with van der Waals surface area (Å²) >= 11 is 0. The number of likely N-dealkylation sites (N-methyl/N-ethyl adjacent to an activating group) is 1. The highest BCUT2D eigenvalue weighted by Crippen LogP contribution is 2.22. The molecule has 0 spiro atoms. The quantitative estimate of drug-likeness (QED) is 0.884. The lowest BCUT2D eigenvalue weighted by Gasteiger charge is -2.38. The van der Waals surface area contributed by atoms with E-state index in [2.05, 4.69) is 16.8 Å². The number of hydrogen-bond acceptors (Lipinski definition) is 3. The second kappa shape index (κ2) is 6.16. The molecule has 2 N–H and O–H groups in total. The van der Waals surface area contributed by atoms with E-state index in [1.807, 2.05) is 12.1 Å². The van der Waals surface area contributed by atoms with Crippen molar-refractivity contribution in [1.82, 2.24) is 4.90 Å². The fourth-order valence-corrected chi connectivity index (χ4v) is 2.59. The van der Waals surface area contributed by atoms with E-state index in [9.17, 15) is 4.39 Å². The second-order valence-electron chi connectivity index (χ2n) is 4.99. The molecule has 0 amide bonds. The Morgan fingerprint density at radius 1 is 1.39 bits per heavy atom. The van der Waals surface area contributed by atoms with Gasteiger partial charge in [0.1, 0.15) is 5.82 Å². The fourth-order valence-electron chi connectivity index (χ4n) is 2.59. The van der Waals surface area contributed by atoms with Gasteiger partial charge in [-0.2, -0.15) is 0 Å². The van der Waals surface area contributed by atoms with Crippen molar-refractivity contribution in [2.75, 3.05) is 38.1 Å². The molecular formula is C14H22FN3. The van der Waals surface area contributed by atoms with Crippen LogP contribution in [-0.4, -0.2) is 44.2 Å². The van der Waals surface area contributed by atoms with E-state index in [1.54, 1.807) is 0 Å². The molecule has 100 valence electrons. The third-order valence-corrected chi connectivity index (χ3v) is 3.69. The maximum atomic E-state index is 12.9. The molecule has 3 nitrogen and oxygen atoms in total. The van der Waals surface area contributed by atoms with Gasteiger partial charge in [0.2, 0.25) is 0 Å². The average Bonchev–Trinajstić information content (AvgIpc) is 2.40. The zero-order valence-electron chi connectivity index (χ0n) is 11.0. The number of anilines is 1. The van der Waals surface area contributed by atoms with Crippen LogP contribution >= 0.6 is 0 Å². The van der Waals surface area contributed by atoms with Gasteiger partial charge in [0.05, 0.1) is 0 Å². The number of benzene rings is 1. The third-order valence-electron chi connectivity index (χ3n) is 3.69. The molecule has 0 aromatic heterocycles. The molecule has 2 rings (SSSR count). The molecule has 18 heavy (non-hydrogen) atoms. The largest absolute Gasteiger partial charge is 0.370 e. The molecule has 0 saturated carbocycles. The van der Waals surface area contributed by atoms with Crippen LogP contribution in [0.5, 0.6) is 0 Å². The summed E-state index contributed by atoms with van der Waals surface area (Å²) in [6, 6.07) is 7.33. The summed E-state index contributed by atoms with van der Waals surface area (Å²) in [5, 5.41) is 0. The van der Waals surface area contributed by atoms with Gasteiger partial charge >= 0.3 is 0 Å². The summed E-state index contributed by atoms with van der Waals surface area (Å²) in [6.45, 7) is 3.69. The van der Waals surface area contributed by atoms with Crippen molar-refractivity contribution in [3.63, 3.8) is 0 Å². The summed E-state index contributed by atoms with van der Waals surface area (Å²) in [7, 11) is 2.13. The van der Waals surface area contributed by atoms with E-state index in [-0.39, 0.29) is 5.82 Å². The van der Waals surface area contributed by atoms with Crippen LogP contribution in [0.2, 0.25) is 0 Å². The van der Waals surface area contributed by atoms with Crippen LogP contribution in [-0.2, 0) is 0 Å². The maximum absolute atomic E-state index is 12.9. The van der Waals surface area contributed by atoms with Gasteiger partial charge in [-0.1, -0.05) is 0 Å². The van der Waals surface area contributed by atoms with E-state index in [1.165, 1.54) is 25.0 Å². The zero-order chi connectivity index (χ0) is 13.0. The number of nitrogens with two attached hydrogens (primary N) is 1. The van der Waals surface area contributed by atoms with Crippen molar-refractivity contribution in [1.29, 1.82) is 0 Å². The Morgan fingerprint density at radius 3 is 2.78 bits per heavy atom. The van der Waals surface area contributed by atoms with Crippen LogP contribution in [0.25, 0.3) is 0 Å². The smallest absolute Gasteiger partial charge is 0.123 e. The average molecular weight is 251 g/mol. The minimum absolute atomic E-state index is 0.174. The van der Waals surface area contributed by atoms with Crippen molar-refractivity contribution in [3.8, 4) is 0 Å². The molecule has 1 atom stereocenters. The van der Waals surface area contributed by atoms with Gasteiger partial charge < -0.3 is 15.5 Å². The molecule has 0 bridgehead atoms. The van der Waals surface area contributed by atoms with Crippen molar-refractivity contribution in [3.05, 3.63) is 30.1 Å². The third kappa shape index (κ3) is 3.21. The number of piperidine rings is 1. The van der Waals surface area contributed by atoms with Gasteiger partial charge in [-0.15, -0.1) is 0 Å². The van der Waals surface area contributed by atoms with Gasteiger partial charge in [0, 0.05) is 37.9 Å². The highest BCUT2D eigenvalue weighted by atomic mass is 19.1. The van der Waals surface area contributed by atoms with Crippen LogP contribution in [0.4, 0.5) is 10.1 Å². The van der Waals surface area contributed by atoms with Crippen molar-refractivity contribution in [2.45, 2.75) is 18.9 Å². The summed E-state index contributed by atoms with van der Waals surface area (Å²) < 4.78 is 12.9. The first-order valence-corrected chi connectivity index (χ1v) is 6.61. The van der Waals surface area contributed by atoms with Crippen molar-refractivity contribution in [2.24, 2.45) is 5.73 Å². The molecule has 4 heteroatoms. The van der Waals surface area contributed by atoms with Gasteiger partial charge in [-0.3, -0.25) is 0 Å². The molecule has 0 aliphatic carbocycles. The first kappa shape index (κ1) is 13.3. The van der Waals surface area contributed by atoms with E-state index >= 15 is 0 Å². The van der Waals surface area contributed by atoms with Crippen LogP contribution in [0.1, 0.15) is 12.8 Å². The predicted molar refractivity (Wildman–Crippen MR) is 73.3 cm³/mol. The number of nitrogens with zero attached hydrogens (tertiary/aromatic N) is 2. The summed E-state index contributed by atoms with van der Waals surface area (Å²) in [6.07, 6.45) is 2.39. The van der Waals surface area contributed by atoms with E-state index in [0.717, 1.165) is 25.3 Å². The normalized spacial score (nSPS) is 20.4. The minimum atomic E-state index is -0.174. The van der Waals surface area contributed by atoms with Gasteiger partial charge in [0.25, 0.3) is 0 Å². The molecule has 1 heterocycles. The highest BCUT2D eigenvalue weighted by molar-refractivity contribution is 5.46. The second-order valence-corrected chi connectivity index (χ2v) is 4.99. The number of halogens is 1. The van der Waals surface area contributed by atoms with Crippen molar-refractivity contribution < 1.29 is 4.39 Å². The van der Waals surface area contributed by atoms with Gasteiger partial charge in [-0.25, -0.2) is 4.39 Å². The number of hydrogen-bond donors (Lipinski definition) is 1. The van der Waals surface area contributed by atoms with Crippen LogP contribution in [0.15, 0.2) is 24.3 Å². The lowest BCUT2D eigenvalue weighted by Crippen LogP contribution is -2.47. The van der Waals surface area contributed by atoms with E-state index in [0.29, 0.717) is 12.6 Å². The highest BCUT2D eigenvalue weighted by Gasteiger charge is 2.22. The molecule has 0 radical (unpaired) electrons. The molecule has 1 aliphatic rings. The predicted octanol–water partition coefficient (Wildman–Crippen LogP) is 1.68. The van der Waals surface area contributed by atoms with Crippen LogP contribution < -0.4 is 10.6 Å². The maximum Gasteiger partial charge on any atom is 0.123 e. The summed E-state index contributed by atoms with van der Waals surface area (Å²) in [4.78, 5) is 4.66. The number of rotatable bonds is 4. The fraction of sp³-hybridized carbons (Fsp3) is 0.571. The Hall–Kier alpha value is -1.13. The zero-order valence-corrected chi connectivity index (χ0v) is 11.0. The summed E-state index contributed by atoms with van der Waals surface area (Å²) in [5.74, 6) is -0.174. The molecule has 1 saturated heterocycles. The van der Waals surface area contributed by atoms with Crippen LogP contribution in [0.3, 0.4) is 0 Å². The molecule has 1 unspecified atom stereocenters. The summed E-state index contributed by atoms with van der Waals surface area (Å²) in [5.41, 5.74) is 6.71. The van der Waals surface area contributed by atoms with Crippen LogP contribution in [0, 0.1) is 5.82 Å². The lowest BCUT2D eigenvalue weighted by molar-refractivity contribution is 0.221. The molecular weight excluding hydrogens is 229 g/mol. The monoisotopic (exact) mass is 251 g/mol. The SMILES string of the molecule is CN(CCN)C1CCCN(c2ccc(F)cc2)C1. The molecule has 1 aliphatic heterocycles. The van der Waals surface area contributed by atoms with E-state index in [4.69, 9.17) is 5.73 Å². The Morgan fingerprint density at radius 2 is 2.11 bits per heavy atom. The lowest BCUT2D eigenvalue weighted by atomic mass is 10.0. The minimum Gasteiger partial charge on any atom is -0.370 e. The first-order valence-electron chi connectivity index (χ1n) is 6.61. The van der Waals surface area contributed by atoms with Gasteiger partial charge in [-0.05, 0) is 44.2 Å². The van der Waals surface area contributed by atoms with Gasteiger partial charge in [0.15, 0.2) is 0 Å². The van der Waals surface area contributed by atoms with E-state index < -0.39 is 0 Å². The molecule has 1 fully saturated rings. The first-order chi connectivity index (χ1) is 8.70. The Kier molecular flexibility index (Phi) is 4.55. The Bertz CT molecular complexity index is 366.